The van der Waals surface area contributed by atoms with Gasteiger partial charge in [-0.15, -0.1) is 0 Å². The number of hydrogen-bond acceptors (Lipinski definition) is 3. The standard InChI is InChI=1S/C18H19N5O/c1-14(16-4-2-9-19-12-16)21-18(24)22-17-7-5-15(6-8-17)13-23-11-3-10-20-23/h2-12,14H,13H2,1H3,(H2,21,22,24)/t14-/m1/s1. The molecule has 6 nitrogen and oxygen atoms in total. The van der Waals surface area contributed by atoms with Crippen LogP contribution in [-0.2, 0) is 6.54 Å². The minimum absolute atomic E-state index is 0.113. The van der Waals surface area contributed by atoms with Crippen molar-refractivity contribution in [2.45, 2.75) is 19.5 Å². The molecule has 1 atom stereocenters. The molecule has 0 aliphatic heterocycles. The van der Waals surface area contributed by atoms with Crippen molar-refractivity contribution < 1.29 is 4.79 Å². The van der Waals surface area contributed by atoms with Gasteiger partial charge in [0, 0.05) is 30.5 Å². The lowest BCUT2D eigenvalue weighted by Gasteiger charge is -2.14. The number of anilines is 1. The molecule has 2 heterocycles. The first kappa shape index (κ1) is 15.7. The van der Waals surface area contributed by atoms with Crippen LogP contribution in [-0.4, -0.2) is 20.8 Å². The van der Waals surface area contributed by atoms with Gasteiger partial charge in [-0.2, -0.15) is 5.10 Å². The minimum atomic E-state index is -0.244. The van der Waals surface area contributed by atoms with Gasteiger partial charge in [0.25, 0.3) is 0 Å². The highest BCUT2D eigenvalue weighted by atomic mass is 16.2. The average molecular weight is 321 g/mol. The van der Waals surface area contributed by atoms with Crippen molar-refractivity contribution in [3.8, 4) is 0 Å². The van der Waals surface area contributed by atoms with E-state index in [4.69, 9.17) is 0 Å². The molecular formula is C18H19N5O. The highest BCUT2D eigenvalue weighted by molar-refractivity contribution is 5.89. The molecule has 0 unspecified atom stereocenters. The first-order chi connectivity index (χ1) is 11.7. The monoisotopic (exact) mass is 321 g/mol. The van der Waals surface area contributed by atoms with Gasteiger partial charge in [0.2, 0.25) is 0 Å². The van der Waals surface area contributed by atoms with Crippen LogP contribution in [0, 0.1) is 0 Å². The summed E-state index contributed by atoms with van der Waals surface area (Å²) in [6.07, 6.45) is 7.12. The molecule has 1 aromatic carbocycles. The third-order valence-corrected chi connectivity index (χ3v) is 3.65. The van der Waals surface area contributed by atoms with E-state index < -0.39 is 0 Å². The molecule has 24 heavy (non-hydrogen) atoms. The van der Waals surface area contributed by atoms with Crippen molar-refractivity contribution in [3.63, 3.8) is 0 Å². The second-order valence-electron chi connectivity index (χ2n) is 5.51. The Morgan fingerprint density at radius 3 is 2.67 bits per heavy atom. The van der Waals surface area contributed by atoms with E-state index >= 15 is 0 Å². The van der Waals surface area contributed by atoms with Crippen molar-refractivity contribution >= 4 is 11.7 Å². The Hall–Kier alpha value is -3.15. The predicted molar refractivity (Wildman–Crippen MR) is 92.6 cm³/mol. The third kappa shape index (κ3) is 4.19. The smallest absolute Gasteiger partial charge is 0.319 e. The van der Waals surface area contributed by atoms with Crippen LogP contribution in [0.3, 0.4) is 0 Å². The summed E-state index contributed by atoms with van der Waals surface area (Å²) in [7, 11) is 0. The van der Waals surface area contributed by atoms with E-state index in [0.717, 1.165) is 16.8 Å². The molecular weight excluding hydrogens is 302 g/mol. The summed E-state index contributed by atoms with van der Waals surface area (Å²) >= 11 is 0. The lowest BCUT2D eigenvalue weighted by Crippen LogP contribution is -2.31. The Labute approximate surface area is 140 Å². The topological polar surface area (TPSA) is 71.8 Å². The zero-order valence-electron chi connectivity index (χ0n) is 13.4. The Bertz CT molecular complexity index is 769. The molecule has 6 heteroatoms. The quantitative estimate of drug-likeness (QED) is 0.758. The van der Waals surface area contributed by atoms with E-state index in [9.17, 15) is 4.79 Å². The van der Waals surface area contributed by atoms with E-state index in [1.54, 1.807) is 18.6 Å². The largest absolute Gasteiger partial charge is 0.331 e. The summed E-state index contributed by atoms with van der Waals surface area (Å²) < 4.78 is 1.85. The maximum absolute atomic E-state index is 12.1. The van der Waals surface area contributed by atoms with Crippen LogP contribution in [0.25, 0.3) is 0 Å². The molecule has 122 valence electrons. The van der Waals surface area contributed by atoms with Crippen molar-refractivity contribution in [2.75, 3.05) is 5.32 Å². The molecule has 0 spiro atoms. The fourth-order valence-electron chi connectivity index (χ4n) is 2.35. The lowest BCUT2D eigenvalue weighted by molar-refractivity contribution is 0.249. The third-order valence-electron chi connectivity index (χ3n) is 3.65. The van der Waals surface area contributed by atoms with Gasteiger partial charge in [0.1, 0.15) is 0 Å². The van der Waals surface area contributed by atoms with E-state index in [1.165, 1.54) is 0 Å². The Balaban J connectivity index is 1.54. The summed E-state index contributed by atoms with van der Waals surface area (Å²) in [6, 6.07) is 13.0. The Morgan fingerprint density at radius 2 is 2.00 bits per heavy atom. The van der Waals surface area contributed by atoms with E-state index in [0.29, 0.717) is 6.54 Å². The zero-order valence-corrected chi connectivity index (χ0v) is 13.4. The summed E-state index contributed by atoms with van der Waals surface area (Å²) in [5.74, 6) is 0. The Morgan fingerprint density at radius 1 is 1.17 bits per heavy atom. The molecule has 0 aliphatic rings. The van der Waals surface area contributed by atoms with Gasteiger partial charge in [-0.1, -0.05) is 18.2 Å². The fourth-order valence-corrected chi connectivity index (χ4v) is 2.35. The molecule has 2 N–H and O–H groups in total. The van der Waals surface area contributed by atoms with Crippen LogP contribution >= 0.6 is 0 Å². The number of carbonyl (C=O) groups excluding carboxylic acids is 1. The van der Waals surface area contributed by atoms with Crippen molar-refractivity contribution in [3.05, 3.63) is 78.4 Å². The van der Waals surface area contributed by atoms with Crippen molar-refractivity contribution in [2.24, 2.45) is 0 Å². The van der Waals surface area contributed by atoms with Crippen molar-refractivity contribution in [1.82, 2.24) is 20.1 Å². The number of benzene rings is 1. The van der Waals surface area contributed by atoms with Gasteiger partial charge in [0.05, 0.1) is 12.6 Å². The second kappa shape index (κ2) is 7.41. The fraction of sp³-hybridized carbons (Fsp3) is 0.167. The maximum atomic E-state index is 12.1. The number of nitrogens with one attached hydrogen (secondary N) is 2. The number of urea groups is 1. The molecule has 0 aliphatic carbocycles. The molecule has 0 saturated heterocycles. The van der Waals surface area contributed by atoms with Crippen LogP contribution in [0.2, 0.25) is 0 Å². The van der Waals surface area contributed by atoms with Gasteiger partial charge >= 0.3 is 6.03 Å². The maximum Gasteiger partial charge on any atom is 0.319 e. The minimum Gasteiger partial charge on any atom is -0.331 e. The summed E-state index contributed by atoms with van der Waals surface area (Å²) in [5.41, 5.74) is 2.82. The molecule has 3 rings (SSSR count). The van der Waals surface area contributed by atoms with Crippen LogP contribution in [0.5, 0.6) is 0 Å². The van der Waals surface area contributed by atoms with Crippen LogP contribution in [0.4, 0.5) is 10.5 Å². The molecule has 0 fully saturated rings. The number of amides is 2. The second-order valence-corrected chi connectivity index (χ2v) is 5.51. The Kier molecular flexibility index (Phi) is 4.86. The number of rotatable bonds is 5. The highest BCUT2D eigenvalue weighted by Crippen LogP contribution is 2.13. The van der Waals surface area contributed by atoms with Gasteiger partial charge in [-0.25, -0.2) is 4.79 Å². The number of hydrogen-bond donors (Lipinski definition) is 2. The zero-order chi connectivity index (χ0) is 16.8. The summed E-state index contributed by atoms with van der Waals surface area (Å²) in [6.45, 7) is 2.63. The van der Waals surface area contributed by atoms with Crippen LogP contribution < -0.4 is 10.6 Å². The number of carbonyl (C=O) groups is 1. The molecule has 3 aromatic rings. The number of aromatic nitrogens is 3. The van der Waals surface area contributed by atoms with Gasteiger partial charge in [-0.3, -0.25) is 9.67 Å². The molecule has 0 radical (unpaired) electrons. The van der Waals surface area contributed by atoms with Crippen LogP contribution in [0.15, 0.2) is 67.3 Å². The summed E-state index contributed by atoms with van der Waals surface area (Å²) in [5, 5.41) is 9.90. The molecule has 0 saturated carbocycles. The number of nitrogens with zero attached hydrogens (tertiary/aromatic N) is 3. The van der Waals surface area contributed by atoms with Gasteiger partial charge < -0.3 is 10.6 Å². The normalized spacial score (nSPS) is 11.7. The predicted octanol–water partition coefficient (Wildman–Crippen LogP) is 3.21. The van der Waals surface area contributed by atoms with E-state index in [-0.39, 0.29) is 12.1 Å². The molecule has 2 aromatic heterocycles. The highest BCUT2D eigenvalue weighted by Gasteiger charge is 2.09. The van der Waals surface area contributed by atoms with Crippen LogP contribution in [0.1, 0.15) is 24.1 Å². The molecule has 2 amide bonds. The van der Waals surface area contributed by atoms with E-state index in [2.05, 4.69) is 20.7 Å². The first-order valence-electron chi connectivity index (χ1n) is 7.74. The number of pyridine rings is 1. The average Bonchev–Trinajstić information content (AvgIpc) is 3.10. The van der Waals surface area contributed by atoms with Crippen molar-refractivity contribution in [1.29, 1.82) is 0 Å². The first-order valence-corrected chi connectivity index (χ1v) is 7.74. The SMILES string of the molecule is C[C@@H](NC(=O)Nc1ccc(Cn2cccn2)cc1)c1cccnc1. The van der Waals surface area contributed by atoms with Gasteiger partial charge in [0.15, 0.2) is 0 Å². The van der Waals surface area contributed by atoms with E-state index in [1.807, 2.05) is 60.3 Å². The summed E-state index contributed by atoms with van der Waals surface area (Å²) in [4.78, 5) is 16.1. The lowest BCUT2D eigenvalue weighted by atomic mass is 10.1. The molecule has 0 bridgehead atoms. The van der Waals surface area contributed by atoms with Gasteiger partial charge in [-0.05, 0) is 42.3 Å².